The average Bonchev–Trinajstić information content (AvgIpc) is 2.70. The van der Waals surface area contributed by atoms with Gasteiger partial charge in [-0.15, -0.1) is 0 Å². The lowest BCUT2D eigenvalue weighted by Gasteiger charge is -2.40. The summed E-state index contributed by atoms with van der Waals surface area (Å²) in [5.41, 5.74) is -0.610. The fourth-order valence-electron chi connectivity index (χ4n) is 6.39. The predicted molar refractivity (Wildman–Crippen MR) is 130 cm³/mol. The molecule has 7 unspecified atom stereocenters. The van der Waals surface area contributed by atoms with Crippen LogP contribution in [-0.4, -0.2) is 43.6 Å². The standard InChI is InChI=1S/C26H47O5P/c1-17(15-26(4,5)6)16-32(29,24(27)22-18(2)11-9-13-20(22)30-7)25(28)23-19(3)12-10-14-21(23)31-8/h17-23H,9-16H2,1-8H3. The van der Waals surface area contributed by atoms with Gasteiger partial charge in [-0.2, -0.15) is 0 Å². The van der Waals surface area contributed by atoms with E-state index in [1.54, 1.807) is 14.2 Å². The minimum absolute atomic E-state index is 0.0218. The fourth-order valence-corrected chi connectivity index (χ4v) is 9.77. The number of hydrogen-bond acceptors (Lipinski definition) is 5. The van der Waals surface area contributed by atoms with E-state index in [2.05, 4.69) is 20.8 Å². The summed E-state index contributed by atoms with van der Waals surface area (Å²) >= 11 is 0. The lowest BCUT2D eigenvalue weighted by atomic mass is 9.79. The molecular formula is C26H47O5P. The monoisotopic (exact) mass is 470 g/mol. The van der Waals surface area contributed by atoms with Gasteiger partial charge in [0.1, 0.15) is 0 Å². The lowest BCUT2D eigenvalue weighted by molar-refractivity contribution is -0.127. The van der Waals surface area contributed by atoms with Gasteiger partial charge in [0.05, 0.1) is 24.0 Å². The van der Waals surface area contributed by atoms with E-state index in [1.807, 2.05) is 20.8 Å². The highest BCUT2D eigenvalue weighted by Crippen LogP contribution is 2.58. The Morgan fingerprint density at radius 2 is 1.28 bits per heavy atom. The highest BCUT2D eigenvalue weighted by molar-refractivity contribution is 7.94. The van der Waals surface area contributed by atoms with Crippen molar-refractivity contribution >= 4 is 18.2 Å². The molecule has 32 heavy (non-hydrogen) atoms. The molecule has 0 amide bonds. The van der Waals surface area contributed by atoms with Gasteiger partial charge in [-0.3, -0.25) is 9.59 Å². The van der Waals surface area contributed by atoms with E-state index in [-0.39, 0.29) is 52.6 Å². The van der Waals surface area contributed by atoms with Gasteiger partial charge >= 0.3 is 0 Å². The van der Waals surface area contributed by atoms with Crippen molar-refractivity contribution in [2.24, 2.45) is 35.0 Å². The van der Waals surface area contributed by atoms with Crippen LogP contribution in [0.1, 0.15) is 86.5 Å². The van der Waals surface area contributed by atoms with Crippen molar-refractivity contribution in [2.75, 3.05) is 20.4 Å². The Kier molecular flexibility index (Phi) is 9.77. The average molecular weight is 471 g/mol. The van der Waals surface area contributed by atoms with Crippen LogP contribution in [0.4, 0.5) is 0 Å². The molecule has 2 aliphatic rings. The first kappa shape index (κ1) is 27.7. The molecule has 0 saturated heterocycles. The van der Waals surface area contributed by atoms with Crippen molar-refractivity contribution in [2.45, 2.75) is 98.7 Å². The summed E-state index contributed by atoms with van der Waals surface area (Å²) in [5, 5.41) is 0. The van der Waals surface area contributed by atoms with E-state index >= 15 is 0 Å². The Morgan fingerprint density at radius 3 is 1.62 bits per heavy atom. The van der Waals surface area contributed by atoms with Crippen molar-refractivity contribution in [1.82, 2.24) is 0 Å². The molecule has 2 rings (SSSR count). The second kappa shape index (κ2) is 11.3. The van der Waals surface area contributed by atoms with Crippen LogP contribution in [0.5, 0.6) is 0 Å². The maximum atomic E-state index is 14.7. The molecule has 186 valence electrons. The Hall–Kier alpha value is -0.510. The number of ether oxygens (including phenoxy) is 2. The summed E-state index contributed by atoms with van der Waals surface area (Å²) < 4.78 is 26.1. The highest BCUT2D eigenvalue weighted by atomic mass is 31.2. The molecule has 2 aliphatic carbocycles. The first-order chi connectivity index (χ1) is 14.9. The first-order valence-corrected chi connectivity index (χ1v) is 14.5. The largest absolute Gasteiger partial charge is 0.381 e. The van der Waals surface area contributed by atoms with E-state index in [1.165, 1.54) is 0 Å². The van der Waals surface area contributed by atoms with Crippen LogP contribution in [0.25, 0.3) is 0 Å². The molecule has 7 atom stereocenters. The predicted octanol–water partition coefficient (Wildman–Crippen LogP) is 6.38. The van der Waals surface area contributed by atoms with Gasteiger partial charge in [0.2, 0.25) is 18.2 Å². The third-order valence-corrected chi connectivity index (χ3v) is 10.9. The molecule has 0 aromatic carbocycles. The zero-order valence-electron chi connectivity index (χ0n) is 21.7. The normalized spacial score (nSPS) is 34.5. The van der Waals surface area contributed by atoms with Crippen molar-refractivity contribution < 1.29 is 23.6 Å². The SMILES string of the molecule is COC1CCCC(C)C1C(=O)P(=O)(CC(C)CC(C)(C)C)C(=O)C1C(C)CCCC1OC. The zero-order chi connectivity index (χ0) is 24.3. The molecule has 0 aromatic heterocycles. The van der Waals surface area contributed by atoms with Crippen LogP contribution in [-0.2, 0) is 23.6 Å². The number of carbonyl (C=O) groups is 2. The van der Waals surface area contributed by atoms with Crippen molar-refractivity contribution in [3.05, 3.63) is 0 Å². The molecule has 0 N–H and O–H groups in total. The highest BCUT2D eigenvalue weighted by Gasteiger charge is 2.53. The maximum absolute atomic E-state index is 14.7. The number of hydrogen-bond donors (Lipinski definition) is 0. The van der Waals surface area contributed by atoms with Crippen LogP contribution in [0, 0.1) is 35.0 Å². The summed E-state index contributed by atoms with van der Waals surface area (Å²) in [6, 6.07) is 0. The van der Waals surface area contributed by atoms with Gasteiger partial charge in [0, 0.05) is 20.4 Å². The molecule has 5 nitrogen and oxygen atoms in total. The molecule has 0 aromatic rings. The van der Waals surface area contributed by atoms with Crippen LogP contribution in [0.3, 0.4) is 0 Å². The van der Waals surface area contributed by atoms with Crippen LogP contribution < -0.4 is 0 Å². The van der Waals surface area contributed by atoms with Crippen molar-refractivity contribution in [1.29, 1.82) is 0 Å². The molecule has 2 saturated carbocycles. The van der Waals surface area contributed by atoms with E-state index in [0.717, 1.165) is 44.9 Å². The Balaban J connectivity index is 2.47. The second-order valence-corrected chi connectivity index (χ2v) is 14.6. The van der Waals surface area contributed by atoms with Gasteiger partial charge in [-0.1, -0.05) is 54.4 Å². The summed E-state index contributed by atoms with van der Waals surface area (Å²) in [5.74, 6) is -0.770. The van der Waals surface area contributed by atoms with Gasteiger partial charge in [0.15, 0.2) is 0 Å². The van der Waals surface area contributed by atoms with Gasteiger partial charge in [-0.25, -0.2) is 0 Å². The van der Waals surface area contributed by atoms with Crippen molar-refractivity contribution in [3.8, 4) is 0 Å². The fraction of sp³-hybridized carbons (Fsp3) is 0.923. The number of rotatable bonds is 9. The molecule has 0 bridgehead atoms. The summed E-state index contributed by atoms with van der Waals surface area (Å²) in [7, 11) is -0.540. The molecule has 0 radical (unpaired) electrons. The van der Waals surface area contributed by atoms with Crippen LogP contribution in [0.2, 0.25) is 0 Å². The maximum Gasteiger partial charge on any atom is 0.212 e. The zero-order valence-corrected chi connectivity index (χ0v) is 22.6. The molecule has 0 spiro atoms. The van der Waals surface area contributed by atoms with Crippen molar-refractivity contribution in [3.63, 3.8) is 0 Å². The van der Waals surface area contributed by atoms with Gasteiger partial charge < -0.3 is 14.0 Å². The van der Waals surface area contributed by atoms with E-state index < -0.39 is 19.0 Å². The van der Waals surface area contributed by atoms with E-state index in [4.69, 9.17) is 9.47 Å². The quantitative estimate of drug-likeness (QED) is 0.366. The summed E-state index contributed by atoms with van der Waals surface area (Å²) in [6.45, 7) is 12.6. The molecule has 0 heterocycles. The first-order valence-electron chi connectivity index (χ1n) is 12.6. The van der Waals surface area contributed by atoms with Gasteiger partial charge in [-0.05, 0) is 55.3 Å². The molecule has 6 heteroatoms. The second-order valence-electron chi connectivity index (χ2n) is 11.9. The van der Waals surface area contributed by atoms with Crippen LogP contribution in [0.15, 0.2) is 0 Å². The van der Waals surface area contributed by atoms with Crippen LogP contribution >= 0.6 is 7.14 Å². The summed E-state index contributed by atoms with van der Waals surface area (Å²) in [4.78, 5) is 28.2. The smallest absolute Gasteiger partial charge is 0.212 e. The minimum atomic E-state index is -3.79. The molecule has 2 fully saturated rings. The van der Waals surface area contributed by atoms with E-state index in [0.29, 0.717) is 0 Å². The third kappa shape index (κ3) is 6.33. The Bertz CT molecular complexity index is 653. The van der Waals surface area contributed by atoms with E-state index in [9.17, 15) is 14.2 Å². The number of methoxy groups -OCH3 is 2. The third-order valence-electron chi connectivity index (χ3n) is 7.74. The topological polar surface area (TPSA) is 69.7 Å². The lowest BCUT2D eigenvalue weighted by Crippen LogP contribution is -2.43. The summed E-state index contributed by atoms with van der Waals surface area (Å²) in [6.07, 6.45) is 5.83. The molecular weight excluding hydrogens is 423 g/mol. The molecule has 0 aliphatic heterocycles. The number of carbonyl (C=O) groups excluding carboxylic acids is 2. The minimum Gasteiger partial charge on any atom is -0.381 e. The Morgan fingerprint density at radius 1 is 0.875 bits per heavy atom. The van der Waals surface area contributed by atoms with Gasteiger partial charge in [0.25, 0.3) is 0 Å². The Labute approximate surface area is 196 Å².